The number of pyridine rings is 1. The molecule has 25 heavy (non-hydrogen) atoms. The van der Waals surface area contributed by atoms with Crippen molar-refractivity contribution in [3.05, 3.63) is 23.7 Å². The Morgan fingerprint density at radius 1 is 1.44 bits per heavy atom. The van der Waals surface area contributed by atoms with Crippen LogP contribution >= 0.6 is 11.3 Å². The second kappa shape index (κ2) is 8.29. The van der Waals surface area contributed by atoms with Gasteiger partial charge in [0.1, 0.15) is 5.82 Å². The quantitative estimate of drug-likeness (QED) is 0.801. The van der Waals surface area contributed by atoms with E-state index >= 15 is 0 Å². The zero-order valence-corrected chi connectivity index (χ0v) is 15.2. The molecule has 1 amide bonds. The van der Waals surface area contributed by atoms with Gasteiger partial charge in [-0.1, -0.05) is 0 Å². The van der Waals surface area contributed by atoms with E-state index in [4.69, 9.17) is 4.74 Å². The number of carbonyl (C=O) groups is 2. The van der Waals surface area contributed by atoms with Gasteiger partial charge in [-0.25, -0.2) is 4.98 Å². The molecule has 0 aromatic carbocycles. The van der Waals surface area contributed by atoms with Crippen molar-refractivity contribution in [2.75, 3.05) is 31.1 Å². The first-order chi connectivity index (χ1) is 12.2. The van der Waals surface area contributed by atoms with Crippen molar-refractivity contribution in [2.45, 2.75) is 26.2 Å². The average Bonchev–Trinajstić information content (AvgIpc) is 3.10. The second-order valence-electron chi connectivity index (χ2n) is 6.10. The number of ether oxygens (including phenoxy) is 1. The fourth-order valence-corrected chi connectivity index (χ4v) is 3.96. The molecule has 1 atom stereocenters. The Bertz CT molecular complexity index is 746. The van der Waals surface area contributed by atoms with Gasteiger partial charge in [0.05, 0.1) is 18.9 Å². The Morgan fingerprint density at radius 3 is 3.16 bits per heavy atom. The van der Waals surface area contributed by atoms with Crippen molar-refractivity contribution in [3.8, 4) is 0 Å². The lowest BCUT2D eigenvalue weighted by atomic mass is 9.97. The van der Waals surface area contributed by atoms with Crippen LogP contribution in [0.5, 0.6) is 0 Å². The van der Waals surface area contributed by atoms with E-state index in [9.17, 15) is 9.59 Å². The second-order valence-corrected chi connectivity index (χ2v) is 7.05. The fourth-order valence-electron chi connectivity index (χ4n) is 3.18. The molecule has 1 N–H and O–H groups in total. The number of hydrogen-bond donors (Lipinski definition) is 1. The molecule has 1 unspecified atom stereocenters. The molecule has 0 spiro atoms. The van der Waals surface area contributed by atoms with E-state index in [1.165, 1.54) is 4.70 Å². The van der Waals surface area contributed by atoms with Crippen LogP contribution in [0, 0.1) is 5.92 Å². The molecular formula is C18H23N3O3S. The van der Waals surface area contributed by atoms with E-state index < -0.39 is 0 Å². The van der Waals surface area contributed by atoms with Crippen LogP contribution in [0.3, 0.4) is 0 Å². The number of thiophene rings is 1. The van der Waals surface area contributed by atoms with Crippen LogP contribution in [0.1, 0.15) is 26.2 Å². The highest BCUT2D eigenvalue weighted by atomic mass is 32.1. The number of anilines is 1. The summed E-state index contributed by atoms with van der Waals surface area (Å²) in [6, 6.07) is 4.11. The highest BCUT2D eigenvalue weighted by Crippen LogP contribution is 2.31. The summed E-state index contributed by atoms with van der Waals surface area (Å²) in [5, 5.41) is 6.08. The number of hydrogen-bond acceptors (Lipinski definition) is 6. The van der Waals surface area contributed by atoms with Gasteiger partial charge in [0.2, 0.25) is 5.91 Å². The van der Waals surface area contributed by atoms with Gasteiger partial charge in [0.25, 0.3) is 0 Å². The number of esters is 1. The molecule has 1 saturated heterocycles. The van der Waals surface area contributed by atoms with Gasteiger partial charge in [-0.15, -0.1) is 11.3 Å². The van der Waals surface area contributed by atoms with Gasteiger partial charge >= 0.3 is 5.97 Å². The van der Waals surface area contributed by atoms with E-state index in [2.05, 4.69) is 26.6 Å². The summed E-state index contributed by atoms with van der Waals surface area (Å²) >= 11 is 1.70. The van der Waals surface area contributed by atoms with E-state index in [-0.39, 0.29) is 24.2 Å². The summed E-state index contributed by atoms with van der Waals surface area (Å²) in [5.41, 5.74) is 0. The highest BCUT2D eigenvalue weighted by Gasteiger charge is 2.27. The topological polar surface area (TPSA) is 71.5 Å². The Labute approximate surface area is 151 Å². The third-order valence-electron chi connectivity index (χ3n) is 4.38. The monoisotopic (exact) mass is 361 g/mol. The first-order valence-corrected chi connectivity index (χ1v) is 9.57. The number of nitrogens with zero attached hydrogens (tertiary/aromatic N) is 2. The number of carbonyl (C=O) groups excluding carboxylic acids is 2. The number of amides is 1. The number of aromatic nitrogens is 1. The van der Waals surface area contributed by atoms with Crippen LogP contribution in [0.2, 0.25) is 0 Å². The summed E-state index contributed by atoms with van der Waals surface area (Å²) in [5.74, 6) is 0.613. The Morgan fingerprint density at radius 2 is 2.32 bits per heavy atom. The maximum absolute atomic E-state index is 12.4. The summed E-state index contributed by atoms with van der Waals surface area (Å²) in [7, 11) is 0. The lowest BCUT2D eigenvalue weighted by Crippen LogP contribution is -2.43. The Hall–Kier alpha value is -2.15. The van der Waals surface area contributed by atoms with E-state index in [1.54, 1.807) is 18.3 Å². The van der Waals surface area contributed by atoms with Crippen molar-refractivity contribution >= 4 is 39.1 Å². The van der Waals surface area contributed by atoms with Gasteiger partial charge in [-0.2, -0.15) is 0 Å². The summed E-state index contributed by atoms with van der Waals surface area (Å²) in [4.78, 5) is 30.5. The normalized spacial score (nSPS) is 17.5. The molecule has 3 rings (SSSR count). The predicted octanol–water partition coefficient (Wildman–Crippen LogP) is 2.58. The van der Waals surface area contributed by atoms with Crippen molar-refractivity contribution < 1.29 is 14.3 Å². The minimum absolute atomic E-state index is 0.00601. The molecule has 134 valence electrons. The smallest absolute Gasteiger partial charge is 0.307 e. The van der Waals surface area contributed by atoms with Crippen molar-refractivity contribution in [1.82, 2.24) is 10.3 Å². The third kappa shape index (κ3) is 4.28. The predicted molar refractivity (Wildman–Crippen MR) is 98.8 cm³/mol. The van der Waals surface area contributed by atoms with Crippen molar-refractivity contribution in [2.24, 2.45) is 5.92 Å². The molecule has 0 radical (unpaired) electrons. The molecule has 2 aromatic rings. The minimum Gasteiger partial charge on any atom is -0.466 e. The molecule has 0 saturated carbocycles. The molecule has 1 aliphatic heterocycles. The fraction of sp³-hybridized carbons (Fsp3) is 0.500. The molecule has 0 aliphatic carbocycles. The maximum Gasteiger partial charge on any atom is 0.307 e. The van der Waals surface area contributed by atoms with Crippen molar-refractivity contribution in [1.29, 1.82) is 0 Å². The first kappa shape index (κ1) is 17.7. The third-order valence-corrected chi connectivity index (χ3v) is 5.27. The number of rotatable bonds is 6. The lowest BCUT2D eigenvalue weighted by Gasteiger charge is -2.33. The molecule has 2 aromatic heterocycles. The molecule has 1 aliphatic rings. The van der Waals surface area contributed by atoms with Crippen LogP contribution in [-0.2, 0) is 14.3 Å². The van der Waals surface area contributed by atoms with E-state index in [0.717, 1.165) is 30.6 Å². The number of piperidine rings is 1. The molecule has 3 heterocycles. The van der Waals surface area contributed by atoms with Crippen LogP contribution in [0.15, 0.2) is 23.7 Å². The van der Waals surface area contributed by atoms with Gasteiger partial charge in [0, 0.05) is 35.9 Å². The standard InChI is InChI=1S/C18H23N3O3S/c1-2-24-16(22)6-9-20-18(23)13-4-3-10-21(12-13)17-14-7-11-25-15(14)5-8-19-17/h5,7-8,11,13H,2-4,6,9-10,12H2,1H3,(H,20,23). The summed E-state index contributed by atoms with van der Waals surface area (Å²) in [6.07, 6.45) is 3.86. The molecule has 7 heteroatoms. The number of fused-ring (bicyclic) bond motifs is 1. The van der Waals surface area contributed by atoms with Gasteiger partial charge in [-0.05, 0) is 37.3 Å². The molecule has 1 fully saturated rings. The zero-order valence-electron chi connectivity index (χ0n) is 14.4. The SMILES string of the molecule is CCOC(=O)CCNC(=O)C1CCCN(c2nccc3sccc23)C1. The molecular weight excluding hydrogens is 338 g/mol. The molecule has 0 bridgehead atoms. The molecule has 6 nitrogen and oxygen atoms in total. The first-order valence-electron chi connectivity index (χ1n) is 8.69. The van der Waals surface area contributed by atoms with Crippen LogP contribution < -0.4 is 10.2 Å². The average molecular weight is 361 g/mol. The van der Waals surface area contributed by atoms with Crippen LogP contribution in [0.25, 0.3) is 10.1 Å². The van der Waals surface area contributed by atoms with E-state index in [0.29, 0.717) is 19.7 Å². The van der Waals surface area contributed by atoms with Gasteiger partial charge < -0.3 is 15.0 Å². The maximum atomic E-state index is 12.4. The summed E-state index contributed by atoms with van der Waals surface area (Å²) < 4.78 is 6.09. The number of nitrogens with one attached hydrogen (secondary N) is 1. The van der Waals surface area contributed by atoms with Crippen LogP contribution in [-0.4, -0.2) is 43.1 Å². The Kier molecular flexibility index (Phi) is 5.86. The summed E-state index contributed by atoms with van der Waals surface area (Å²) in [6.45, 7) is 4.04. The zero-order chi connectivity index (χ0) is 17.6. The lowest BCUT2D eigenvalue weighted by molar-refractivity contribution is -0.143. The van der Waals surface area contributed by atoms with Gasteiger partial charge in [-0.3, -0.25) is 9.59 Å². The van der Waals surface area contributed by atoms with Gasteiger partial charge in [0.15, 0.2) is 0 Å². The minimum atomic E-state index is -0.276. The van der Waals surface area contributed by atoms with E-state index in [1.807, 2.05) is 12.3 Å². The highest BCUT2D eigenvalue weighted by molar-refractivity contribution is 7.17. The Balaban J connectivity index is 1.58. The largest absolute Gasteiger partial charge is 0.466 e. The van der Waals surface area contributed by atoms with Crippen molar-refractivity contribution in [3.63, 3.8) is 0 Å². The van der Waals surface area contributed by atoms with Crippen LogP contribution in [0.4, 0.5) is 5.82 Å².